The van der Waals surface area contributed by atoms with Crippen LogP contribution < -0.4 is 0 Å². The van der Waals surface area contributed by atoms with Crippen LogP contribution in [0.2, 0.25) is 0 Å². The summed E-state index contributed by atoms with van der Waals surface area (Å²) in [4.78, 5) is 12.3. The third-order valence-electron chi connectivity index (χ3n) is 3.53. The molecule has 1 saturated heterocycles. The minimum Gasteiger partial charge on any atom is -0.390 e. The van der Waals surface area contributed by atoms with E-state index in [1.165, 1.54) is 4.90 Å². The van der Waals surface area contributed by atoms with E-state index >= 15 is 0 Å². The molecule has 1 heterocycles. The molecule has 0 radical (unpaired) electrons. The zero-order chi connectivity index (χ0) is 17.3. The number of aliphatic hydroxyl groups excluding tert-OH is 1. The molecule has 0 aliphatic carbocycles. The summed E-state index contributed by atoms with van der Waals surface area (Å²) in [6, 6.07) is 3.38. The number of alkyl halides is 3. The summed E-state index contributed by atoms with van der Waals surface area (Å²) >= 11 is 0. The van der Waals surface area contributed by atoms with Crippen LogP contribution in [0.3, 0.4) is 0 Å². The number of hydrogen-bond acceptors (Lipinski definition) is 4. The molecule has 1 aromatic carbocycles. The van der Waals surface area contributed by atoms with Crippen molar-refractivity contribution in [3.63, 3.8) is 0 Å². The van der Waals surface area contributed by atoms with Gasteiger partial charge in [0.1, 0.15) is 0 Å². The fraction of sp³-hybridized carbons (Fsp3) is 0.500. The summed E-state index contributed by atoms with van der Waals surface area (Å²) in [6.07, 6.45) is -5.00. The van der Waals surface area contributed by atoms with E-state index in [0.717, 1.165) is 18.2 Å². The highest BCUT2D eigenvalue weighted by atomic mass is 32.2. The van der Waals surface area contributed by atoms with E-state index in [2.05, 4.69) is 0 Å². The third-order valence-corrected chi connectivity index (χ3v) is 5.33. The van der Waals surface area contributed by atoms with Crippen LogP contribution in [0, 0.1) is 0 Å². The highest BCUT2D eigenvalue weighted by Crippen LogP contribution is 2.30. The zero-order valence-electron chi connectivity index (χ0n) is 12.1. The molecular formula is C14H16F3NO4S. The number of hydrogen-bond donors (Lipinski definition) is 1. The Morgan fingerprint density at radius 2 is 2.00 bits per heavy atom. The maximum Gasteiger partial charge on any atom is 0.416 e. The highest BCUT2D eigenvalue weighted by molar-refractivity contribution is 7.91. The normalized spacial score (nSPS) is 17.6. The predicted octanol–water partition coefficient (Wildman–Crippen LogP) is 1.46. The molecule has 1 aliphatic rings. The number of likely N-dealkylation sites (tertiary alicyclic amines) is 1. The van der Waals surface area contributed by atoms with Gasteiger partial charge in [0.15, 0.2) is 9.84 Å². The minimum atomic E-state index is -4.65. The molecule has 23 heavy (non-hydrogen) atoms. The second-order valence-corrected chi connectivity index (χ2v) is 7.44. The number of β-amino-alcohol motifs (C(OH)–C–C–N with tert-alkyl or cyclic N) is 1. The van der Waals surface area contributed by atoms with Crippen LogP contribution in [0.15, 0.2) is 29.2 Å². The smallest absolute Gasteiger partial charge is 0.390 e. The van der Waals surface area contributed by atoms with E-state index in [9.17, 15) is 31.5 Å². The van der Waals surface area contributed by atoms with Gasteiger partial charge in [0.25, 0.3) is 0 Å². The van der Waals surface area contributed by atoms with Gasteiger partial charge in [0, 0.05) is 19.5 Å². The Labute approximate surface area is 131 Å². The lowest BCUT2D eigenvalue weighted by molar-refractivity contribution is -0.137. The summed E-state index contributed by atoms with van der Waals surface area (Å²) in [5, 5.41) is 9.86. The van der Waals surface area contributed by atoms with Gasteiger partial charge in [-0.2, -0.15) is 13.2 Å². The predicted molar refractivity (Wildman–Crippen MR) is 75.3 cm³/mol. The number of benzene rings is 1. The molecule has 0 unspecified atom stereocenters. The summed E-state index contributed by atoms with van der Waals surface area (Å²) in [6.45, 7) is 0.302. The number of halogens is 3. The van der Waals surface area contributed by atoms with Gasteiger partial charge in [-0.25, -0.2) is 8.42 Å². The van der Waals surface area contributed by atoms with Crippen molar-refractivity contribution in [2.24, 2.45) is 0 Å². The van der Waals surface area contributed by atoms with Crippen molar-refractivity contribution in [1.82, 2.24) is 4.90 Å². The topological polar surface area (TPSA) is 74.7 Å². The van der Waals surface area contributed by atoms with Crippen LogP contribution in [-0.4, -0.2) is 49.3 Å². The Morgan fingerprint density at radius 1 is 1.30 bits per heavy atom. The number of carbonyl (C=O) groups excluding carboxylic acids is 1. The van der Waals surface area contributed by atoms with Crippen LogP contribution >= 0.6 is 0 Å². The van der Waals surface area contributed by atoms with E-state index in [0.29, 0.717) is 25.5 Å². The van der Waals surface area contributed by atoms with E-state index in [4.69, 9.17) is 0 Å². The number of carbonyl (C=O) groups is 1. The highest BCUT2D eigenvalue weighted by Gasteiger charge is 2.32. The molecule has 1 atom stereocenters. The van der Waals surface area contributed by atoms with Gasteiger partial charge in [-0.15, -0.1) is 0 Å². The molecule has 9 heteroatoms. The maximum atomic E-state index is 12.6. The second-order valence-electron chi connectivity index (χ2n) is 5.40. The van der Waals surface area contributed by atoms with Crippen molar-refractivity contribution in [3.05, 3.63) is 29.8 Å². The summed E-state index contributed by atoms with van der Waals surface area (Å²) < 4.78 is 62.2. The minimum absolute atomic E-state index is 0.142. The molecule has 5 nitrogen and oxygen atoms in total. The molecule has 0 saturated carbocycles. The zero-order valence-corrected chi connectivity index (χ0v) is 12.9. The van der Waals surface area contributed by atoms with Crippen molar-refractivity contribution in [3.8, 4) is 0 Å². The van der Waals surface area contributed by atoms with E-state index in [1.54, 1.807) is 0 Å². The van der Waals surface area contributed by atoms with Crippen molar-refractivity contribution < 1.29 is 31.5 Å². The number of rotatable bonds is 5. The second kappa shape index (κ2) is 6.48. The first kappa shape index (κ1) is 17.7. The Morgan fingerprint density at radius 3 is 2.57 bits per heavy atom. The largest absolute Gasteiger partial charge is 0.416 e. The Hall–Kier alpha value is -1.61. The number of nitrogens with zero attached hydrogens (tertiary/aromatic N) is 1. The molecule has 1 N–H and O–H groups in total. The third kappa shape index (κ3) is 4.44. The van der Waals surface area contributed by atoms with Gasteiger partial charge in [0.05, 0.1) is 22.3 Å². The lowest BCUT2D eigenvalue weighted by Crippen LogP contribution is -2.36. The van der Waals surface area contributed by atoms with E-state index in [1.807, 2.05) is 0 Å². The van der Waals surface area contributed by atoms with Crippen molar-refractivity contribution >= 4 is 15.7 Å². The number of amides is 1. The SMILES string of the molecule is O=C1CCCN1C[C@H](O)CS(=O)(=O)c1cccc(C(F)(F)F)c1. The molecule has 1 fully saturated rings. The van der Waals surface area contributed by atoms with Gasteiger partial charge in [-0.05, 0) is 24.6 Å². The first-order valence-corrected chi connectivity index (χ1v) is 8.61. The lowest BCUT2D eigenvalue weighted by atomic mass is 10.2. The fourth-order valence-corrected chi connectivity index (χ4v) is 3.82. The van der Waals surface area contributed by atoms with Crippen LogP contribution in [0.25, 0.3) is 0 Å². The first-order chi connectivity index (χ1) is 10.6. The molecule has 128 valence electrons. The summed E-state index contributed by atoms with van der Waals surface area (Å²) in [5.74, 6) is -0.904. The van der Waals surface area contributed by atoms with Gasteiger partial charge in [-0.1, -0.05) is 6.07 Å². The average molecular weight is 351 g/mol. The molecule has 1 aromatic rings. The Balaban J connectivity index is 2.11. The molecule has 0 aromatic heterocycles. The monoisotopic (exact) mass is 351 g/mol. The molecule has 1 amide bonds. The molecular weight excluding hydrogens is 335 g/mol. The standard InChI is InChI=1S/C14H16F3NO4S/c15-14(16,17)10-3-1-4-12(7-10)23(21,22)9-11(19)8-18-6-2-5-13(18)20/h1,3-4,7,11,19H,2,5-6,8-9H2/t11-/m0/s1. The van der Waals surface area contributed by atoms with E-state index in [-0.39, 0.29) is 12.5 Å². The van der Waals surface area contributed by atoms with Crippen molar-refractivity contribution in [2.75, 3.05) is 18.8 Å². The van der Waals surface area contributed by atoms with Crippen molar-refractivity contribution in [1.29, 1.82) is 0 Å². The number of sulfone groups is 1. The van der Waals surface area contributed by atoms with Crippen LogP contribution in [0.5, 0.6) is 0 Å². The Kier molecular flexibility index (Phi) is 5.00. The fourth-order valence-electron chi connectivity index (χ4n) is 2.42. The van der Waals surface area contributed by atoms with Gasteiger partial charge in [-0.3, -0.25) is 4.79 Å². The number of aliphatic hydroxyl groups is 1. The van der Waals surface area contributed by atoms with Crippen molar-refractivity contribution in [2.45, 2.75) is 30.0 Å². The maximum absolute atomic E-state index is 12.6. The van der Waals surface area contributed by atoms with Gasteiger partial charge >= 0.3 is 6.18 Å². The van der Waals surface area contributed by atoms with E-state index < -0.39 is 38.3 Å². The van der Waals surface area contributed by atoms with Crippen LogP contribution in [0.1, 0.15) is 18.4 Å². The van der Waals surface area contributed by atoms with Crippen LogP contribution in [-0.2, 0) is 20.8 Å². The average Bonchev–Trinajstić information content (AvgIpc) is 2.83. The molecule has 0 spiro atoms. The Bertz CT molecular complexity index is 688. The summed E-state index contributed by atoms with van der Waals surface area (Å²) in [5.41, 5.74) is -1.07. The summed E-state index contributed by atoms with van der Waals surface area (Å²) in [7, 11) is -4.09. The van der Waals surface area contributed by atoms with Crippen LogP contribution in [0.4, 0.5) is 13.2 Å². The first-order valence-electron chi connectivity index (χ1n) is 6.95. The molecule has 0 bridgehead atoms. The molecule has 2 rings (SSSR count). The van der Waals surface area contributed by atoms with Gasteiger partial charge in [0.2, 0.25) is 5.91 Å². The quantitative estimate of drug-likeness (QED) is 0.872. The molecule has 1 aliphatic heterocycles. The lowest BCUT2D eigenvalue weighted by Gasteiger charge is -2.20. The van der Waals surface area contributed by atoms with Gasteiger partial charge < -0.3 is 10.0 Å².